The number of ether oxygens (including phenoxy) is 3. The molecule has 2 heterocycles. The molecule has 4 rings (SSSR count). The lowest BCUT2D eigenvalue weighted by atomic mass is 10.1. The average Bonchev–Trinajstić information content (AvgIpc) is 3.50. The lowest BCUT2D eigenvalue weighted by molar-refractivity contribution is 0.102. The van der Waals surface area contributed by atoms with Crippen molar-refractivity contribution in [2.75, 3.05) is 26.6 Å². The van der Waals surface area contributed by atoms with Gasteiger partial charge in [0.05, 0.1) is 37.5 Å². The molecule has 0 spiro atoms. The Bertz CT molecular complexity index is 1180. The van der Waals surface area contributed by atoms with Crippen molar-refractivity contribution in [2.45, 2.75) is 0 Å². The van der Waals surface area contributed by atoms with Crippen LogP contribution >= 0.6 is 11.3 Å². The summed E-state index contributed by atoms with van der Waals surface area (Å²) in [6, 6.07) is 14.2. The molecular formula is C22H19N3O5S. The van der Waals surface area contributed by atoms with E-state index in [2.05, 4.69) is 15.5 Å². The Labute approximate surface area is 182 Å². The zero-order valence-corrected chi connectivity index (χ0v) is 17.9. The van der Waals surface area contributed by atoms with E-state index in [4.69, 9.17) is 18.7 Å². The second-order valence-electron chi connectivity index (χ2n) is 6.31. The third kappa shape index (κ3) is 4.08. The molecule has 0 radical (unpaired) electrons. The normalized spacial score (nSPS) is 10.5. The van der Waals surface area contributed by atoms with Crippen LogP contribution in [0.4, 0.5) is 5.69 Å². The largest absolute Gasteiger partial charge is 0.493 e. The molecule has 0 aliphatic heterocycles. The van der Waals surface area contributed by atoms with E-state index >= 15 is 0 Å². The quantitative estimate of drug-likeness (QED) is 0.446. The first-order chi connectivity index (χ1) is 15.1. The summed E-state index contributed by atoms with van der Waals surface area (Å²) in [4.78, 5) is 18.4. The number of anilines is 1. The third-order valence-corrected chi connectivity index (χ3v) is 5.37. The van der Waals surface area contributed by atoms with Crippen LogP contribution in [0, 0.1) is 0 Å². The minimum Gasteiger partial charge on any atom is -0.493 e. The molecule has 31 heavy (non-hydrogen) atoms. The maximum absolute atomic E-state index is 13.0. The van der Waals surface area contributed by atoms with E-state index < -0.39 is 0 Å². The van der Waals surface area contributed by atoms with Gasteiger partial charge >= 0.3 is 0 Å². The van der Waals surface area contributed by atoms with E-state index in [0.717, 1.165) is 4.88 Å². The topological polar surface area (TPSA) is 95.7 Å². The molecule has 0 fully saturated rings. The van der Waals surface area contributed by atoms with Gasteiger partial charge in [-0.3, -0.25) is 4.79 Å². The molecule has 4 aromatic rings. The van der Waals surface area contributed by atoms with Gasteiger partial charge in [-0.15, -0.1) is 11.3 Å². The maximum Gasteiger partial charge on any atom is 0.260 e. The van der Waals surface area contributed by atoms with Gasteiger partial charge in [0.25, 0.3) is 11.8 Å². The highest BCUT2D eigenvalue weighted by atomic mass is 32.1. The smallest absolute Gasteiger partial charge is 0.260 e. The van der Waals surface area contributed by atoms with E-state index in [-0.39, 0.29) is 5.91 Å². The number of amides is 1. The van der Waals surface area contributed by atoms with E-state index in [1.807, 2.05) is 29.6 Å². The molecule has 1 amide bonds. The fourth-order valence-electron chi connectivity index (χ4n) is 3.02. The lowest BCUT2D eigenvalue weighted by Crippen LogP contribution is -2.13. The van der Waals surface area contributed by atoms with Crippen LogP contribution in [-0.4, -0.2) is 37.4 Å². The number of methoxy groups -OCH3 is 3. The van der Waals surface area contributed by atoms with Gasteiger partial charge < -0.3 is 24.1 Å². The summed E-state index contributed by atoms with van der Waals surface area (Å²) in [5.41, 5.74) is 1.48. The van der Waals surface area contributed by atoms with Crippen LogP contribution < -0.4 is 19.5 Å². The number of hydrogen-bond donors (Lipinski definition) is 1. The number of carbonyl (C=O) groups excluding carboxylic acids is 1. The van der Waals surface area contributed by atoms with Crippen molar-refractivity contribution >= 4 is 22.9 Å². The number of nitrogens with zero attached hydrogens (tertiary/aromatic N) is 2. The zero-order valence-electron chi connectivity index (χ0n) is 17.0. The van der Waals surface area contributed by atoms with E-state index in [1.165, 1.54) is 32.7 Å². The average molecular weight is 437 g/mol. The Balaban J connectivity index is 1.65. The second kappa shape index (κ2) is 8.88. The molecule has 0 aliphatic rings. The van der Waals surface area contributed by atoms with Crippen molar-refractivity contribution in [3.63, 3.8) is 0 Å². The van der Waals surface area contributed by atoms with Gasteiger partial charge in [-0.1, -0.05) is 23.4 Å². The summed E-state index contributed by atoms with van der Waals surface area (Å²) in [6.45, 7) is 0. The number of hydrogen-bond acceptors (Lipinski definition) is 8. The predicted octanol–water partition coefficient (Wildman–Crippen LogP) is 4.74. The van der Waals surface area contributed by atoms with Crippen LogP contribution in [0.5, 0.6) is 17.2 Å². The van der Waals surface area contributed by atoms with Crippen molar-refractivity contribution in [3.8, 4) is 39.4 Å². The monoisotopic (exact) mass is 437 g/mol. The van der Waals surface area contributed by atoms with Gasteiger partial charge in [-0.05, 0) is 35.7 Å². The van der Waals surface area contributed by atoms with Crippen LogP contribution in [-0.2, 0) is 0 Å². The molecule has 158 valence electrons. The summed E-state index contributed by atoms with van der Waals surface area (Å²) in [5, 5.41) is 8.88. The minimum atomic E-state index is -0.357. The number of nitrogens with one attached hydrogen (secondary N) is 1. The van der Waals surface area contributed by atoms with Crippen molar-refractivity contribution in [3.05, 3.63) is 59.5 Å². The molecule has 0 saturated carbocycles. The van der Waals surface area contributed by atoms with Gasteiger partial charge in [-0.2, -0.15) is 4.98 Å². The van der Waals surface area contributed by atoms with Crippen LogP contribution in [0.15, 0.2) is 58.4 Å². The van der Waals surface area contributed by atoms with Crippen molar-refractivity contribution in [1.29, 1.82) is 0 Å². The molecule has 0 atom stereocenters. The first-order valence-electron chi connectivity index (χ1n) is 9.23. The molecule has 9 heteroatoms. The Morgan fingerprint density at radius 3 is 2.39 bits per heavy atom. The van der Waals surface area contributed by atoms with E-state index in [9.17, 15) is 4.79 Å². The molecule has 0 aliphatic carbocycles. The Hall–Kier alpha value is -3.85. The van der Waals surface area contributed by atoms with Gasteiger partial charge in [0, 0.05) is 5.56 Å². The van der Waals surface area contributed by atoms with Crippen LogP contribution in [0.3, 0.4) is 0 Å². The number of aromatic nitrogens is 2. The molecule has 0 unspecified atom stereocenters. The Kier molecular flexibility index (Phi) is 5.85. The number of benzene rings is 2. The molecule has 1 N–H and O–H groups in total. The Morgan fingerprint density at radius 2 is 1.74 bits per heavy atom. The highest BCUT2D eigenvalue weighted by molar-refractivity contribution is 7.13. The number of rotatable bonds is 7. The third-order valence-electron chi connectivity index (χ3n) is 4.50. The van der Waals surface area contributed by atoms with Crippen LogP contribution in [0.25, 0.3) is 22.2 Å². The second-order valence-corrected chi connectivity index (χ2v) is 7.26. The van der Waals surface area contributed by atoms with E-state index in [1.54, 1.807) is 24.3 Å². The van der Waals surface area contributed by atoms with Crippen LogP contribution in [0.2, 0.25) is 0 Å². The standard InChI is InChI=1S/C22H19N3O5S/c1-27-16-11-13(12-17(28-2)19(16)29-3)21(26)23-15-8-5-4-7-14(15)22-24-20(25-30-22)18-9-6-10-31-18/h4-12H,1-3H3,(H,23,26). The van der Waals surface area contributed by atoms with Crippen molar-refractivity contribution in [2.24, 2.45) is 0 Å². The highest BCUT2D eigenvalue weighted by Gasteiger charge is 2.19. The summed E-state index contributed by atoms with van der Waals surface area (Å²) < 4.78 is 21.4. The molecule has 2 aromatic carbocycles. The summed E-state index contributed by atoms with van der Waals surface area (Å²) >= 11 is 1.52. The molecule has 8 nitrogen and oxygen atoms in total. The lowest BCUT2D eigenvalue weighted by Gasteiger charge is -2.14. The van der Waals surface area contributed by atoms with Crippen molar-refractivity contribution in [1.82, 2.24) is 10.1 Å². The fraction of sp³-hybridized carbons (Fsp3) is 0.136. The molecule has 0 bridgehead atoms. The molecular weight excluding hydrogens is 418 g/mol. The first-order valence-corrected chi connectivity index (χ1v) is 10.1. The van der Waals surface area contributed by atoms with Gasteiger partial charge in [0.15, 0.2) is 11.5 Å². The number of carbonyl (C=O) groups is 1. The molecule has 0 saturated heterocycles. The van der Waals surface area contributed by atoms with E-state index in [0.29, 0.717) is 45.8 Å². The zero-order chi connectivity index (χ0) is 21.8. The maximum atomic E-state index is 13.0. The number of para-hydroxylation sites is 1. The van der Waals surface area contributed by atoms with Gasteiger partial charge in [0.2, 0.25) is 11.6 Å². The fourth-order valence-corrected chi connectivity index (χ4v) is 3.67. The highest BCUT2D eigenvalue weighted by Crippen LogP contribution is 2.38. The number of thiophene rings is 1. The van der Waals surface area contributed by atoms with Gasteiger partial charge in [-0.25, -0.2) is 0 Å². The summed E-state index contributed by atoms with van der Waals surface area (Å²) in [5.74, 6) is 1.63. The predicted molar refractivity (Wildman–Crippen MR) is 117 cm³/mol. The Morgan fingerprint density at radius 1 is 1.00 bits per heavy atom. The van der Waals surface area contributed by atoms with Crippen molar-refractivity contribution < 1.29 is 23.5 Å². The first kappa shape index (κ1) is 20.4. The minimum absolute atomic E-state index is 0.309. The SMILES string of the molecule is COc1cc(C(=O)Nc2ccccc2-c2nc(-c3cccs3)no2)cc(OC)c1OC. The summed E-state index contributed by atoms with van der Waals surface area (Å²) in [6.07, 6.45) is 0. The summed E-state index contributed by atoms with van der Waals surface area (Å²) in [7, 11) is 4.50. The molecule has 2 aromatic heterocycles. The van der Waals surface area contributed by atoms with Gasteiger partial charge in [0.1, 0.15) is 0 Å². The van der Waals surface area contributed by atoms with Crippen LogP contribution in [0.1, 0.15) is 10.4 Å².